The summed E-state index contributed by atoms with van der Waals surface area (Å²) in [6, 6.07) is 5.54. The molecular weight excluding hydrogens is 406 g/mol. The molecule has 7 nitrogen and oxygen atoms in total. The zero-order valence-corrected chi connectivity index (χ0v) is 19.6. The number of carbonyl (C=O) groups is 2. The average molecular weight is 446 g/mol. The molecule has 1 aromatic carbocycles. The molecule has 0 radical (unpaired) electrons. The van der Waals surface area contributed by atoms with Gasteiger partial charge in [-0.25, -0.2) is 0 Å². The van der Waals surface area contributed by atoms with Gasteiger partial charge >= 0.3 is 0 Å². The minimum atomic E-state index is -0.112. The number of ether oxygens (including phenoxy) is 2. The van der Waals surface area contributed by atoms with E-state index in [0.717, 1.165) is 24.3 Å². The Morgan fingerprint density at radius 1 is 1.12 bits per heavy atom. The van der Waals surface area contributed by atoms with Gasteiger partial charge in [0.05, 0.1) is 6.61 Å². The molecule has 3 rings (SSSR count). The number of nitrogens with one attached hydrogen (secondary N) is 3. The normalized spacial score (nSPS) is 21.3. The van der Waals surface area contributed by atoms with Crippen molar-refractivity contribution in [2.45, 2.75) is 57.9 Å². The van der Waals surface area contributed by atoms with Gasteiger partial charge in [-0.1, -0.05) is 25.3 Å². The lowest BCUT2D eigenvalue weighted by atomic mass is 9.87. The summed E-state index contributed by atoms with van der Waals surface area (Å²) in [4.78, 5) is 25.3. The molecule has 2 atom stereocenters. The molecule has 2 amide bonds. The van der Waals surface area contributed by atoms with Crippen molar-refractivity contribution >= 4 is 11.8 Å². The fraction of sp³-hybridized carbons (Fsp3) is 0.680. The summed E-state index contributed by atoms with van der Waals surface area (Å²) in [5.74, 6) is 1.48. The molecule has 1 heterocycles. The van der Waals surface area contributed by atoms with Crippen molar-refractivity contribution in [2.75, 3.05) is 40.0 Å². The predicted octanol–water partition coefficient (Wildman–Crippen LogP) is 2.81. The molecule has 0 bridgehead atoms. The summed E-state index contributed by atoms with van der Waals surface area (Å²) < 4.78 is 10.9. The first-order valence-electron chi connectivity index (χ1n) is 12.1. The lowest BCUT2D eigenvalue weighted by molar-refractivity contribution is -0.122. The van der Waals surface area contributed by atoms with Gasteiger partial charge in [-0.2, -0.15) is 0 Å². The van der Waals surface area contributed by atoms with Crippen molar-refractivity contribution in [3.63, 3.8) is 0 Å². The molecule has 0 unspecified atom stereocenters. The topological polar surface area (TPSA) is 88.7 Å². The third kappa shape index (κ3) is 7.48. The van der Waals surface area contributed by atoms with Gasteiger partial charge in [-0.15, -0.1) is 0 Å². The van der Waals surface area contributed by atoms with Crippen LogP contribution in [0.2, 0.25) is 0 Å². The number of hydrogen-bond acceptors (Lipinski definition) is 5. The zero-order valence-electron chi connectivity index (χ0n) is 19.6. The zero-order chi connectivity index (χ0) is 22.8. The van der Waals surface area contributed by atoms with E-state index in [4.69, 9.17) is 9.47 Å². The molecule has 1 aliphatic carbocycles. The molecule has 178 valence electrons. The number of benzene rings is 1. The van der Waals surface area contributed by atoms with Crippen LogP contribution < -0.4 is 20.7 Å². The Morgan fingerprint density at radius 3 is 2.72 bits per heavy atom. The third-order valence-electron chi connectivity index (χ3n) is 6.62. The second-order valence-corrected chi connectivity index (χ2v) is 9.19. The molecule has 1 saturated carbocycles. The van der Waals surface area contributed by atoms with Crippen LogP contribution in [0.4, 0.5) is 0 Å². The van der Waals surface area contributed by atoms with Crippen LogP contribution in [-0.2, 0) is 9.53 Å². The predicted molar refractivity (Wildman–Crippen MR) is 125 cm³/mol. The van der Waals surface area contributed by atoms with Crippen LogP contribution in [0.1, 0.15) is 60.9 Å². The molecule has 1 aliphatic heterocycles. The molecule has 2 fully saturated rings. The van der Waals surface area contributed by atoms with Gasteiger partial charge in [0.25, 0.3) is 5.91 Å². The fourth-order valence-electron chi connectivity index (χ4n) is 4.62. The Labute approximate surface area is 192 Å². The van der Waals surface area contributed by atoms with E-state index in [-0.39, 0.29) is 23.8 Å². The van der Waals surface area contributed by atoms with Crippen LogP contribution in [0, 0.1) is 18.8 Å². The molecule has 2 aliphatic rings. The molecule has 0 spiro atoms. The van der Waals surface area contributed by atoms with Crippen LogP contribution in [0.15, 0.2) is 18.2 Å². The number of amides is 2. The molecule has 1 aromatic rings. The van der Waals surface area contributed by atoms with Crippen molar-refractivity contribution in [2.24, 2.45) is 11.8 Å². The molecule has 32 heavy (non-hydrogen) atoms. The first kappa shape index (κ1) is 24.5. The minimum Gasteiger partial charge on any atom is -0.493 e. The first-order valence-corrected chi connectivity index (χ1v) is 12.1. The number of rotatable bonds is 11. The minimum absolute atomic E-state index is 0.00939. The van der Waals surface area contributed by atoms with E-state index in [1.807, 2.05) is 19.1 Å². The maximum Gasteiger partial charge on any atom is 0.251 e. The highest BCUT2D eigenvalue weighted by Gasteiger charge is 2.29. The highest BCUT2D eigenvalue weighted by molar-refractivity contribution is 5.95. The van der Waals surface area contributed by atoms with Gasteiger partial charge in [0.15, 0.2) is 0 Å². The van der Waals surface area contributed by atoms with E-state index in [1.54, 1.807) is 13.2 Å². The average Bonchev–Trinajstić information content (AvgIpc) is 3.24. The Bertz CT molecular complexity index is 749. The van der Waals surface area contributed by atoms with Gasteiger partial charge in [-0.05, 0) is 43.4 Å². The number of methoxy groups -OCH3 is 1. The van der Waals surface area contributed by atoms with Crippen molar-refractivity contribution < 1.29 is 19.1 Å². The Balaban J connectivity index is 1.47. The maximum atomic E-state index is 12.9. The second kappa shape index (κ2) is 12.8. The molecule has 3 N–H and O–H groups in total. The van der Waals surface area contributed by atoms with Gasteiger partial charge < -0.3 is 25.4 Å². The van der Waals surface area contributed by atoms with Crippen LogP contribution >= 0.6 is 0 Å². The van der Waals surface area contributed by atoms with E-state index < -0.39 is 0 Å². The highest BCUT2D eigenvalue weighted by atomic mass is 16.5. The summed E-state index contributed by atoms with van der Waals surface area (Å²) >= 11 is 0. The van der Waals surface area contributed by atoms with Gasteiger partial charge in [0.2, 0.25) is 5.91 Å². The maximum absolute atomic E-state index is 12.9. The monoisotopic (exact) mass is 445 g/mol. The standard InChI is InChI=1S/C25H39N3O4/c1-18-9-10-20(14-23(18)32-12-6-11-31-2)25(30)28-22-17-26-15-21(22)16-27-24(29)13-19-7-4-3-5-8-19/h9-10,14,19,21-22,26H,3-8,11-13,15-17H2,1-2H3,(H,27,29)(H,28,30)/t21-,22+/m0/s1. The Hall–Kier alpha value is -2.12. The quantitative estimate of drug-likeness (QED) is 0.456. The van der Waals surface area contributed by atoms with Crippen molar-refractivity contribution in [3.8, 4) is 5.75 Å². The van der Waals surface area contributed by atoms with Crippen LogP contribution in [0.25, 0.3) is 0 Å². The molecule has 0 aromatic heterocycles. The van der Waals surface area contributed by atoms with E-state index in [9.17, 15) is 9.59 Å². The summed E-state index contributed by atoms with van der Waals surface area (Å²) in [7, 11) is 1.67. The molecule has 7 heteroatoms. The lowest BCUT2D eigenvalue weighted by Gasteiger charge is -2.23. The van der Waals surface area contributed by atoms with Gasteiger partial charge in [0, 0.05) is 63.7 Å². The summed E-state index contributed by atoms with van der Waals surface area (Å²) in [5, 5.41) is 9.59. The summed E-state index contributed by atoms with van der Waals surface area (Å²) in [5.41, 5.74) is 1.59. The second-order valence-electron chi connectivity index (χ2n) is 9.19. The summed E-state index contributed by atoms with van der Waals surface area (Å²) in [6.07, 6.45) is 7.57. The van der Waals surface area contributed by atoms with Crippen LogP contribution in [0.3, 0.4) is 0 Å². The van der Waals surface area contributed by atoms with E-state index in [1.165, 1.54) is 32.1 Å². The third-order valence-corrected chi connectivity index (χ3v) is 6.62. The largest absolute Gasteiger partial charge is 0.493 e. The first-order chi connectivity index (χ1) is 15.6. The Morgan fingerprint density at radius 2 is 1.94 bits per heavy atom. The molecule has 1 saturated heterocycles. The van der Waals surface area contributed by atoms with Crippen molar-refractivity contribution in [3.05, 3.63) is 29.3 Å². The van der Waals surface area contributed by atoms with Gasteiger partial charge in [-0.3, -0.25) is 9.59 Å². The van der Waals surface area contributed by atoms with Crippen molar-refractivity contribution in [1.82, 2.24) is 16.0 Å². The van der Waals surface area contributed by atoms with Crippen molar-refractivity contribution in [1.29, 1.82) is 0 Å². The smallest absolute Gasteiger partial charge is 0.251 e. The SMILES string of the molecule is COCCCOc1cc(C(=O)N[C@@H]2CNC[C@H]2CNC(=O)CC2CCCCC2)ccc1C. The highest BCUT2D eigenvalue weighted by Crippen LogP contribution is 2.26. The Kier molecular flexibility index (Phi) is 9.81. The molecular formula is C25H39N3O4. The van der Waals surface area contributed by atoms with E-state index in [0.29, 0.717) is 44.2 Å². The lowest BCUT2D eigenvalue weighted by Crippen LogP contribution is -2.44. The number of hydrogen-bond donors (Lipinski definition) is 3. The van der Waals surface area contributed by atoms with Gasteiger partial charge in [0.1, 0.15) is 5.75 Å². The number of carbonyl (C=O) groups excluding carboxylic acids is 2. The number of aryl methyl sites for hydroxylation is 1. The summed E-state index contributed by atoms with van der Waals surface area (Å²) in [6.45, 7) is 5.25. The van der Waals surface area contributed by atoms with Crippen LogP contribution in [-0.4, -0.2) is 57.8 Å². The van der Waals surface area contributed by atoms with Crippen LogP contribution in [0.5, 0.6) is 5.75 Å². The van der Waals surface area contributed by atoms with E-state index >= 15 is 0 Å². The van der Waals surface area contributed by atoms with E-state index in [2.05, 4.69) is 16.0 Å². The fourth-order valence-corrected chi connectivity index (χ4v) is 4.62.